The number of pyridine rings is 1. The molecule has 2 heterocycles. The number of nitrogens with zero attached hydrogens (tertiary/aromatic N) is 6. The van der Waals surface area contributed by atoms with Crippen molar-refractivity contribution in [1.82, 2.24) is 20.0 Å². The summed E-state index contributed by atoms with van der Waals surface area (Å²) in [6, 6.07) is 13.6. The van der Waals surface area contributed by atoms with Gasteiger partial charge in [0.25, 0.3) is 0 Å². The number of anilines is 2. The van der Waals surface area contributed by atoms with E-state index in [0.717, 1.165) is 35.0 Å². The van der Waals surface area contributed by atoms with Gasteiger partial charge in [-0.15, -0.1) is 5.10 Å². The monoisotopic (exact) mass is 564 g/mol. The van der Waals surface area contributed by atoms with Crippen LogP contribution in [0.25, 0.3) is 10.9 Å². The summed E-state index contributed by atoms with van der Waals surface area (Å²) in [4.78, 5) is 4.70. The second-order valence-corrected chi connectivity index (χ2v) is 13.0. The number of aromatic nitrogens is 4. The number of fused-ring (bicyclic) bond motifs is 1. The van der Waals surface area contributed by atoms with Gasteiger partial charge >= 0.3 is 0 Å². The molecule has 0 amide bonds. The Hall–Kier alpha value is -4.14. The number of halogens is 1. The first-order chi connectivity index (χ1) is 19.6. The first-order valence-corrected chi connectivity index (χ1v) is 14.5. The highest BCUT2D eigenvalue weighted by molar-refractivity contribution is 6.32. The van der Waals surface area contributed by atoms with Crippen molar-refractivity contribution in [2.24, 2.45) is 11.3 Å². The fraction of sp³-hybridized carbons (Fsp3) is 0.406. The van der Waals surface area contributed by atoms with Crippen LogP contribution >= 0.6 is 11.6 Å². The van der Waals surface area contributed by atoms with Gasteiger partial charge in [0.05, 0.1) is 51.9 Å². The largest absolute Gasteiger partial charge is 0.383 e. The van der Waals surface area contributed by atoms with E-state index in [0.29, 0.717) is 45.5 Å². The Morgan fingerprint density at radius 1 is 1.15 bits per heavy atom. The van der Waals surface area contributed by atoms with E-state index in [-0.39, 0.29) is 11.0 Å². The zero-order valence-corrected chi connectivity index (χ0v) is 24.5. The van der Waals surface area contributed by atoms with Crippen LogP contribution in [0.5, 0.6) is 0 Å². The molecule has 0 unspecified atom stereocenters. The summed E-state index contributed by atoms with van der Waals surface area (Å²) in [6.45, 7) is 9.05. The molecule has 0 aliphatic heterocycles. The number of hydrogen-bond donors (Lipinski definition) is 2. The molecule has 0 bridgehead atoms. The van der Waals surface area contributed by atoms with E-state index in [1.54, 1.807) is 6.20 Å². The van der Waals surface area contributed by atoms with Gasteiger partial charge in [-0.1, -0.05) is 49.7 Å². The Balaban J connectivity index is 1.47. The molecule has 1 atom stereocenters. The van der Waals surface area contributed by atoms with Crippen LogP contribution in [0.3, 0.4) is 0 Å². The minimum absolute atomic E-state index is 0.00155. The molecule has 2 aromatic carbocycles. The topological polar surface area (TPSA) is 115 Å². The third-order valence-corrected chi connectivity index (χ3v) is 8.54. The van der Waals surface area contributed by atoms with Crippen molar-refractivity contribution in [3.63, 3.8) is 0 Å². The highest BCUT2D eigenvalue weighted by Gasteiger charge is 2.56. The number of rotatable bonds is 8. The summed E-state index contributed by atoms with van der Waals surface area (Å²) < 4.78 is 2.07. The fourth-order valence-electron chi connectivity index (χ4n) is 5.76. The third kappa shape index (κ3) is 5.09. The van der Waals surface area contributed by atoms with Gasteiger partial charge in [-0.05, 0) is 73.3 Å². The van der Waals surface area contributed by atoms with Crippen molar-refractivity contribution in [2.45, 2.75) is 65.0 Å². The molecular weight excluding hydrogens is 532 g/mol. The minimum atomic E-state index is -0.405. The van der Waals surface area contributed by atoms with Crippen LogP contribution in [0, 0.1) is 40.9 Å². The lowest BCUT2D eigenvalue weighted by Crippen LogP contribution is -2.20. The van der Waals surface area contributed by atoms with Crippen molar-refractivity contribution >= 4 is 33.9 Å². The molecule has 2 N–H and O–H groups in total. The van der Waals surface area contributed by atoms with Gasteiger partial charge in [-0.2, -0.15) is 10.5 Å². The first-order valence-electron chi connectivity index (χ1n) is 14.1. The van der Waals surface area contributed by atoms with Crippen LogP contribution in [0.2, 0.25) is 5.02 Å². The van der Waals surface area contributed by atoms with Crippen molar-refractivity contribution in [1.29, 1.82) is 10.5 Å². The van der Waals surface area contributed by atoms with Crippen LogP contribution in [0.4, 0.5) is 11.4 Å². The lowest BCUT2D eigenvalue weighted by Gasteiger charge is -2.24. The molecule has 0 saturated heterocycles. The van der Waals surface area contributed by atoms with Crippen LogP contribution in [-0.2, 0) is 5.54 Å². The highest BCUT2D eigenvalue weighted by Crippen LogP contribution is 2.59. The van der Waals surface area contributed by atoms with E-state index in [1.165, 1.54) is 12.8 Å². The van der Waals surface area contributed by atoms with E-state index in [9.17, 15) is 10.5 Å². The number of nitriles is 2. The van der Waals surface area contributed by atoms with Gasteiger partial charge in [0, 0.05) is 23.2 Å². The predicted molar refractivity (Wildman–Crippen MR) is 161 cm³/mol. The smallest absolute Gasteiger partial charge is 0.110 e. The average molecular weight is 565 g/mol. The summed E-state index contributed by atoms with van der Waals surface area (Å²) >= 11 is 6.70. The quantitative estimate of drug-likeness (QED) is 0.235. The normalized spacial score (nSPS) is 16.6. The second-order valence-electron chi connectivity index (χ2n) is 12.6. The Bertz CT molecular complexity index is 1730. The van der Waals surface area contributed by atoms with Gasteiger partial charge in [-0.3, -0.25) is 4.98 Å². The fourth-order valence-corrected chi connectivity index (χ4v) is 5.98. The summed E-state index contributed by atoms with van der Waals surface area (Å²) in [7, 11) is 0. The van der Waals surface area contributed by atoms with Gasteiger partial charge in [0.1, 0.15) is 11.8 Å². The molecule has 4 aromatic rings. The molecule has 2 aliphatic rings. The van der Waals surface area contributed by atoms with Crippen LogP contribution in [0.1, 0.15) is 80.4 Å². The molecule has 2 aliphatic carbocycles. The number of hydrogen-bond acceptors (Lipinski definition) is 7. The maximum atomic E-state index is 9.86. The maximum absolute atomic E-state index is 9.86. The van der Waals surface area contributed by atoms with E-state index in [1.807, 2.05) is 37.3 Å². The summed E-state index contributed by atoms with van der Waals surface area (Å²) in [5.74, 6) is 0.682. The van der Waals surface area contributed by atoms with Gasteiger partial charge in [0.2, 0.25) is 0 Å². The predicted octanol–water partition coefficient (Wildman–Crippen LogP) is 7.09. The molecule has 2 aromatic heterocycles. The van der Waals surface area contributed by atoms with Gasteiger partial charge in [0.15, 0.2) is 0 Å². The summed E-state index contributed by atoms with van der Waals surface area (Å²) in [5.41, 5.74) is 5.86. The van der Waals surface area contributed by atoms with Gasteiger partial charge in [-0.25, -0.2) is 4.68 Å². The molecule has 208 valence electrons. The van der Waals surface area contributed by atoms with E-state index in [2.05, 4.69) is 64.7 Å². The Morgan fingerprint density at radius 3 is 2.56 bits per heavy atom. The summed E-state index contributed by atoms with van der Waals surface area (Å²) in [6.07, 6.45) is 8.43. The molecule has 41 heavy (non-hydrogen) atoms. The Kier molecular flexibility index (Phi) is 6.63. The Labute approximate surface area is 245 Å². The molecule has 9 heteroatoms. The molecule has 8 nitrogen and oxygen atoms in total. The van der Waals surface area contributed by atoms with E-state index in [4.69, 9.17) is 16.6 Å². The zero-order chi connectivity index (χ0) is 28.9. The first kappa shape index (κ1) is 27.1. The standard InChI is InChI=1S/C32H33ClN8/c1-19-20(14-34)6-5-7-24(19)30(27-17-41(40-39-27)32(10-11-32)22-8-9-22)38-26-13-23(33)12-25-28(37-18-31(2,3)4)21(15-35)16-36-29(25)26/h5-7,12-13,16-17,22,30,38H,8-11,18H2,1-4H3,(H,36,37)/t30-/m0/s1. The van der Waals surface area contributed by atoms with E-state index >= 15 is 0 Å². The van der Waals surface area contributed by atoms with Gasteiger partial charge < -0.3 is 10.6 Å². The molecule has 6 rings (SSSR count). The molecule has 2 fully saturated rings. The average Bonchev–Trinajstić information content (AvgIpc) is 3.87. The van der Waals surface area contributed by atoms with Crippen molar-refractivity contribution in [3.8, 4) is 12.1 Å². The number of nitrogens with one attached hydrogen (secondary N) is 2. The molecule has 2 saturated carbocycles. The lowest BCUT2D eigenvalue weighted by molar-refractivity contribution is 0.371. The SMILES string of the molecule is Cc1c(C#N)cccc1[C@H](Nc1cc(Cl)cc2c(NCC(C)(C)C)c(C#N)cnc12)c1cn(C2(C3CC3)CC2)nn1. The molecule has 0 radical (unpaired) electrons. The highest BCUT2D eigenvalue weighted by atomic mass is 35.5. The lowest BCUT2D eigenvalue weighted by atomic mass is 9.95. The molecule has 0 spiro atoms. The number of benzene rings is 2. The minimum Gasteiger partial charge on any atom is -0.383 e. The second kappa shape index (κ2) is 10.0. The zero-order valence-electron chi connectivity index (χ0n) is 23.8. The van der Waals surface area contributed by atoms with Crippen LogP contribution in [-0.4, -0.2) is 26.5 Å². The van der Waals surface area contributed by atoms with Crippen LogP contribution < -0.4 is 10.6 Å². The Morgan fingerprint density at radius 2 is 1.90 bits per heavy atom. The third-order valence-electron chi connectivity index (χ3n) is 8.32. The maximum Gasteiger partial charge on any atom is 0.110 e. The van der Waals surface area contributed by atoms with Crippen molar-refractivity contribution in [3.05, 3.63) is 75.7 Å². The summed E-state index contributed by atoms with van der Waals surface area (Å²) in [5, 5.41) is 37.3. The van der Waals surface area contributed by atoms with Crippen molar-refractivity contribution < 1.29 is 0 Å². The van der Waals surface area contributed by atoms with E-state index < -0.39 is 6.04 Å². The van der Waals surface area contributed by atoms with Crippen molar-refractivity contribution in [2.75, 3.05) is 17.2 Å². The molecular formula is C32H33ClN8. The van der Waals surface area contributed by atoms with Crippen LogP contribution in [0.15, 0.2) is 42.7 Å².